The minimum atomic E-state index is 0. The molecule has 2 atom stereocenters. The van der Waals surface area contributed by atoms with Crippen LogP contribution in [-0.4, -0.2) is 32.2 Å². The minimum absolute atomic E-state index is 0. The number of guanidine groups is 1. The Morgan fingerprint density at radius 2 is 2.09 bits per heavy atom. The molecule has 5 heteroatoms. The first-order chi connectivity index (χ1) is 10.3. The molecule has 122 valence electrons. The third-order valence-corrected chi connectivity index (χ3v) is 4.28. The van der Waals surface area contributed by atoms with Crippen molar-refractivity contribution in [3.63, 3.8) is 0 Å². The topological polar surface area (TPSA) is 45.6 Å². The van der Waals surface area contributed by atoms with Gasteiger partial charge in [-0.2, -0.15) is 0 Å². The molecule has 1 aromatic carbocycles. The van der Waals surface area contributed by atoms with Gasteiger partial charge in [-0.15, -0.1) is 24.0 Å². The largest absolute Gasteiger partial charge is 0.373 e. The zero-order valence-electron chi connectivity index (χ0n) is 13.2. The molecular formula is C17H26IN3O. The lowest BCUT2D eigenvalue weighted by atomic mass is 9.89. The molecule has 3 rings (SSSR count). The van der Waals surface area contributed by atoms with Gasteiger partial charge < -0.3 is 15.4 Å². The average Bonchev–Trinajstić information content (AvgIpc) is 2.55. The molecule has 0 spiro atoms. The molecule has 1 aromatic rings. The number of halogens is 1. The summed E-state index contributed by atoms with van der Waals surface area (Å²) >= 11 is 0. The number of hydrogen-bond donors (Lipinski definition) is 2. The molecule has 0 aliphatic carbocycles. The number of nitrogens with one attached hydrogen (secondary N) is 2. The second-order valence-electron chi connectivity index (χ2n) is 6.00. The molecule has 1 saturated heterocycles. The predicted octanol–water partition coefficient (Wildman–Crippen LogP) is 3.02. The zero-order valence-corrected chi connectivity index (χ0v) is 15.5. The van der Waals surface area contributed by atoms with E-state index in [-0.39, 0.29) is 30.1 Å². The number of aliphatic imine (C=N–C) groups is 1. The van der Waals surface area contributed by atoms with E-state index in [1.807, 2.05) is 0 Å². The van der Waals surface area contributed by atoms with Crippen LogP contribution in [0.3, 0.4) is 0 Å². The maximum atomic E-state index is 6.06. The summed E-state index contributed by atoms with van der Waals surface area (Å²) in [7, 11) is 0. The van der Waals surface area contributed by atoms with E-state index in [2.05, 4.69) is 46.8 Å². The lowest BCUT2D eigenvalue weighted by molar-refractivity contribution is -0.0265. The highest BCUT2D eigenvalue weighted by atomic mass is 127. The summed E-state index contributed by atoms with van der Waals surface area (Å²) in [6.45, 7) is 5.86. The monoisotopic (exact) mass is 415 g/mol. The van der Waals surface area contributed by atoms with Gasteiger partial charge in [-0.3, -0.25) is 4.99 Å². The standard InChI is InChI=1S/C17H25N3O.HI/c1-13-5-7-14(8-6-13)16-15(4-2-11-21-16)12-20-17-18-9-3-10-19-17;/h5-8,15-16H,2-4,9-12H2,1H3,(H2,18,19,20);1H. The highest BCUT2D eigenvalue weighted by molar-refractivity contribution is 14.0. The third kappa shape index (κ3) is 4.59. The van der Waals surface area contributed by atoms with E-state index in [4.69, 9.17) is 4.74 Å². The number of ether oxygens (including phenoxy) is 1. The van der Waals surface area contributed by atoms with Crippen molar-refractivity contribution in [2.24, 2.45) is 10.9 Å². The molecule has 0 bridgehead atoms. The first-order valence-electron chi connectivity index (χ1n) is 8.03. The Morgan fingerprint density at radius 3 is 2.82 bits per heavy atom. The van der Waals surface area contributed by atoms with Gasteiger partial charge in [0.05, 0.1) is 6.10 Å². The molecule has 2 unspecified atom stereocenters. The average molecular weight is 415 g/mol. The Morgan fingerprint density at radius 1 is 1.27 bits per heavy atom. The van der Waals surface area contributed by atoms with Crippen LogP contribution in [0.25, 0.3) is 0 Å². The molecule has 0 amide bonds. The number of nitrogens with zero attached hydrogens (tertiary/aromatic N) is 1. The van der Waals surface area contributed by atoms with Crippen LogP contribution >= 0.6 is 24.0 Å². The van der Waals surface area contributed by atoms with Crippen molar-refractivity contribution in [2.75, 3.05) is 26.2 Å². The molecular weight excluding hydrogens is 389 g/mol. The van der Waals surface area contributed by atoms with Gasteiger partial charge in [0.15, 0.2) is 5.96 Å². The normalized spacial score (nSPS) is 24.7. The van der Waals surface area contributed by atoms with E-state index in [0.29, 0.717) is 5.92 Å². The van der Waals surface area contributed by atoms with Crippen LogP contribution in [0, 0.1) is 12.8 Å². The Labute approximate surface area is 150 Å². The lowest BCUT2D eigenvalue weighted by Crippen LogP contribution is -2.44. The quantitative estimate of drug-likeness (QED) is 0.747. The highest BCUT2D eigenvalue weighted by Crippen LogP contribution is 2.33. The fraction of sp³-hybridized carbons (Fsp3) is 0.588. The first-order valence-corrected chi connectivity index (χ1v) is 8.03. The van der Waals surface area contributed by atoms with E-state index < -0.39 is 0 Å². The molecule has 22 heavy (non-hydrogen) atoms. The molecule has 0 radical (unpaired) electrons. The molecule has 2 N–H and O–H groups in total. The maximum Gasteiger partial charge on any atom is 0.191 e. The van der Waals surface area contributed by atoms with Gasteiger partial charge in [0.1, 0.15) is 0 Å². The smallest absolute Gasteiger partial charge is 0.191 e. The second-order valence-corrected chi connectivity index (χ2v) is 6.00. The van der Waals surface area contributed by atoms with Crippen LogP contribution in [0.1, 0.15) is 36.5 Å². The maximum absolute atomic E-state index is 6.06. The van der Waals surface area contributed by atoms with Crippen LogP contribution in [-0.2, 0) is 4.74 Å². The molecule has 1 fully saturated rings. The Hall–Kier alpha value is -0.820. The Bertz CT molecular complexity index is 489. The summed E-state index contributed by atoms with van der Waals surface area (Å²) in [5, 5.41) is 6.78. The van der Waals surface area contributed by atoms with Crippen molar-refractivity contribution in [1.29, 1.82) is 0 Å². The van der Waals surface area contributed by atoms with Gasteiger partial charge in [0.2, 0.25) is 0 Å². The molecule has 2 heterocycles. The van der Waals surface area contributed by atoms with E-state index in [0.717, 1.165) is 45.0 Å². The summed E-state index contributed by atoms with van der Waals surface area (Å²) in [5.41, 5.74) is 2.59. The van der Waals surface area contributed by atoms with Gasteiger partial charge in [-0.05, 0) is 31.7 Å². The van der Waals surface area contributed by atoms with E-state index in [1.54, 1.807) is 0 Å². The second kappa shape index (κ2) is 8.72. The van der Waals surface area contributed by atoms with Gasteiger partial charge in [0.25, 0.3) is 0 Å². The molecule has 4 nitrogen and oxygen atoms in total. The van der Waals surface area contributed by atoms with Gasteiger partial charge in [0, 0.05) is 32.2 Å². The minimum Gasteiger partial charge on any atom is -0.373 e. The van der Waals surface area contributed by atoms with Crippen molar-refractivity contribution in [3.05, 3.63) is 35.4 Å². The van der Waals surface area contributed by atoms with Crippen molar-refractivity contribution in [3.8, 4) is 0 Å². The molecule has 2 aliphatic heterocycles. The number of hydrogen-bond acceptors (Lipinski definition) is 4. The zero-order chi connectivity index (χ0) is 14.5. The number of rotatable bonds is 3. The predicted molar refractivity (Wildman–Crippen MR) is 101 cm³/mol. The van der Waals surface area contributed by atoms with Crippen LogP contribution < -0.4 is 10.6 Å². The Kier molecular flexibility index (Phi) is 6.95. The fourth-order valence-corrected chi connectivity index (χ4v) is 3.06. The van der Waals surface area contributed by atoms with Crippen LogP contribution in [0.2, 0.25) is 0 Å². The van der Waals surface area contributed by atoms with Crippen molar-refractivity contribution in [2.45, 2.75) is 32.3 Å². The fourth-order valence-electron chi connectivity index (χ4n) is 3.06. The summed E-state index contributed by atoms with van der Waals surface area (Å²) in [6, 6.07) is 8.75. The number of aryl methyl sites for hydroxylation is 1. The van der Waals surface area contributed by atoms with E-state index in [1.165, 1.54) is 17.5 Å². The van der Waals surface area contributed by atoms with E-state index >= 15 is 0 Å². The van der Waals surface area contributed by atoms with Crippen molar-refractivity contribution < 1.29 is 4.74 Å². The SMILES string of the molecule is Cc1ccc(C2OCCCC2CNC2=NCCCN2)cc1.I. The van der Waals surface area contributed by atoms with Crippen LogP contribution in [0.4, 0.5) is 0 Å². The summed E-state index contributed by atoms with van der Waals surface area (Å²) in [6.07, 6.45) is 3.69. The van der Waals surface area contributed by atoms with Gasteiger partial charge in [-0.1, -0.05) is 29.8 Å². The van der Waals surface area contributed by atoms with Crippen molar-refractivity contribution in [1.82, 2.24) is 10.6 Å². The van der Waals surface area contributed by atoms with Crippen molar-refractivity contribution >= 4 is 29.9 Å². The summed E-state index contributed by atoms with van der Waals surface area (Å²) in [5.74, 6) is 1.46. The lowest BCUT2D eigenvalue weighted by Gasteiger charge is -2.33. The molecule has 2 aliphatic rings. The first kappa shape index (κ1) is 17.5. The van der Waals surface area contributed by atoms with E-state index in [9.17, 15) is 0 Å². The summed E-state index contributed by atoms with van der Waals surface area (Å²) < 4.78 is 6.06. The van der Waals surface area contributed by atoms with Crippen LogP contribution in [0.15, 0.2) is 29.3 Å². The Balaban J connectivity index is 0.00000176. The summed E-state index contributed by atoms with van der Waals surface area (Å²) in [4.78, 5) is 4.48. The molecule has 0 aromatic heterocycles. The highest BCUT2D eigenvalue weighted by Gasteiger charge is 2.27. The van der Waals surface area contributed by atoms with Gasteiger partial charge in [-0.25, -0.2) is 0 Å². The number of benzene rings is 1. The third-order valence-electron chi connectivity index (χ3n) is 4.28. The van der Waals surface area contributed by atoms with Crippen LogP contribution in [0.5, 0.6) is 0 Å². The molecule has 0 saturated carbocycles. The van der Waals surface area contributed by atoms with Gasteiger partial charge >= 0.3 is 0 Å².